The van der Waals surface area contributed by atoms with Gasteiger partial charge in [0.15, 0.2) is 0 Å². The number of hydrogen-bond acceptors (Lipinski definition) is 2. The van der Waals surface area contributed by atoms with Gasteiger partial charge in [-0.1, -0.05) is 74.2 Å². The number of amides is 2. The Hall–Kier alpha value is -2.62. The van der Waals surface area contributed by atoms with Gasteiger partial charge in [0, 0.05) is 18.0 Å². The maximum absolute atomic E-state index is 13.7. The Kier molecular flexibility index (Phi) is 5.94. The van der Waals surface area contributed by atoms with Crippen LogP contribution in [0.1, 0.15) is 79.9 Å². The average molecular weight is 405 g/mol. The summed E-state index contributed by atoms with van der Waals surface area (Å²) in [5, 5.41) is 3.32. The van der Waals surface area contributed by atoms with E-state index in [0.29, 0.717) is 12.0 Å². The van der Waals surface area contributed by atoms with E-state index in [9.17, 15) is 9.59 Å². The molecule has 2 amide bonds. The molecule has 1 fully saturated rings. The van der Waals surface area contributed by atoms with Crippen molar-refractivity contribution in [3.05, 3.63) is 71.3 Å². The molecule has 1 heterocycles. The smallest absolute Gasteiger partial charge is 0.255 e. The Labute approximate surface area is 179 Å². The highest BCUT2D eigenvalue weighted by atomic mass is 16.2. The normalized spacial score (nSPS) is 23.4. The Bertz CT molecular complexity index is 902. The minimum Gasteiger partial charge on any atom is -0.351 e. The molecule has 4 rings (SSSR count). The lowest BCUT2D eigenvalue weighted by molar-refractivity contribution is -0.133. The Balaban J connectivity index is 1.70. The van der Waals surface area contributed by atoms with Gasteiger partial charge in [0.1, 0.15) is 5.54 Å². The van der Waals surface area contributed by atoms with E-state index in [-0.39, 0.29) is 23.9 Å². The first-order valence-electron chi connectivity index (χ1n) is 11.3. The minimum atomic E-state index is -0.924. The van der Waals surface area contributed by atoms with E-state index in [1.165, 1.54) is 12.8 Å². The average Bonchev–Trinajstić information content (AvgIpc) is 3.03. The highest BCUT2D eigenvalue weighted by Crippen LogP contribution is 2.38. The topological polar surface area (TPSA) is 49.4 Å². The third-order valence-corrected chi connectivity index (χ3v) is 6.88. The van der Waals surface area contributed by atoms with E-state index in [0.717, 1.165) is 36.8 Å². The van der Waals surface area contributed by atoms with Gasteiger partial charge in [-0.3, -0.25) is 9.59 Å². The van der Waals surface area contributed by atoms with Crippen molar-refractivity contribution in [2.75, 3.05) is 0 Å². The molecule has 0 saturated heterocycles. The standard InChI is InChI=1S/C26H32N2O2/c1-19(20-12-6-5-7-13-20)28-24(29)23-17-11-10-14-21(23)18-26(28,2)25(30)27-22-15-8-3-4-9-16-22/h5-7,10-14,17,19,22H,3-4,8-9,15-16,18H2,1-2H3,(H,27,30). The van der Waals surface area contributed by atoms with Gasteiger partial charge in [-0.15, -0.1) is 0 Å². The Morgan fingerprint density at radius 2 is 1.63 bits per heavy atom. The Morgan fingerprint density at radius 3 is 2.33 bits per heavy atom. The zero-order valence-electron chi connectivity index (χ0n) is 18.1. The van der Waals surface area contributed by atoms with Gasteiger partial charge in [-0.2, -0.15) is 0 Å². The van der Waals surface area contributed by atoms with Gasteiger partial charge < -0.3 is 10.2 Å². The molecule has 2 aliphatic rings. The van der Waals surface area contributed by atoms with Crippen molar-refractivity contribution in [2.45, 2.75) is 76.4 Å². The van der Waals surface area contributed by atoms with E-state index < -0.39 is 5.54 Å². The molecule has 1 saturated carbocycles. The van der Waals surface area contributed by atoms with Crippen LogP contribution in [-0.4, -0.2) is 28.3 Å². The van der Waals surface area contributed by atoms with Gasteiger partial charge in [0.05, 0.1) is 6.04 Å². The van der Waals surface area contributed by atoms with Gasteiger partial charge in [-0.25, -0.2) is 0 Å². The highest BCUT2D eigenvalue weighted by Gasteiger charge is 2.49. The van der Waals surface area contributed by atoms with Crippen LogP contribution in [-0.2, 0) is 11.2 Å². The summed E-state index contributed by atoms with van der Waals surface area (Å²) in [6.07, 6.45) is 7.40. The summed E-state index contributed by atoms with van der Waals surface area (Å²) in [5.74, 6) is -0.0910. The number of nitrogens with one attached hydrogen (secondary N) is 1. The first-order valence-corrected chi connectivity index (χ1v) is 11.3. The van der Waals surface area contributed by atoms with E-state index in [1.54, 1.807) is 0 Å². The molecular weight excluding hydrogens is 372 g/mol. The molecule has 1 N–H and O–H groups in total. The molecule has 1 aliphatic carbocycles. The second-order valence-corrected chi connectivity index (χ2v) is 9.03. The van der Waals surface area contributed by atoms with E-state index in [2.05, 4.69) is 5.32 Å². The number of nitrogens with zero attached hydrogens (tertiary/aromatic N) is 1. The third kappa shape index (κ3) is 3.88. The van der Waals surface area contributed by atoms with Crippen LogP contribution in [0.2, 0.25) is 0 Å². The number of rotatable bonds is 4. The van der Waals surface area contributed by atoms with Gasteiger partial charge in [-0.05, 0) is 43.9 Å². The number of carbonyl (C=O) groups is 2. The van der Waals surface area contributed by atoms with Crippen LogP contribution in [0, 0.1) is 0 Å². The van der Waals surface area contributed by atoms with Crippen LogP contribution < -0.4 is 5.32 Å². The van der Waals surface area contributed by atoms with Crippen molar-refractivity contribution in [3.8, 4) is 0 Å². The zero-order chi connectivity index (χ0) is 21.1. The van der Waals surface area contributed by atoms with Gasteiger partial charge in [0.2, 0.25) is 5.91 Å². The molecule has 0 spiro atoms. The van der Waals surface area contributed by atoms with Crippen molar-refractivity contribution < 1.29 is 9.59 Å². The lowest BCUT2D eigenvalue weighted by Gasteiger charge is -2.47. The molecule has 2 aromatic rings. The molecule has 1 aliphatic heterocycles. The van der Waals surface area contributed by atoms with Crippen molar-refractivity contribution in [1.82, 2.24) is 10.2 Å². The molecule has 4 heteroatoms. The lowest BCUT2D eigenvalue weighted by Crippen LogP contribution is -2.64. The van der Waals surface area contributed by atoms with Crippen molar-refractivity contribution in [2.24, 2.45) is 0 Å². The largest absolute Gasteiger partial charge is 0.351 e. The lowest BCUT2D eigenvalue weighted by atomic mass is 9.80. The zero-order valence-corrected chi connectivity index (χ0v) is 18.1. The first kappa shape index (κ1) is 20.6. The molecule has 0 radical (unpaired) electrons. The number of fused-ring (bicyclic) bond motifs is 1. The molecule has 2 atom stereocenters. The summed E-state index contributed by atoms with van der Waals surface area (Å²) >= 11 is 0. The SMILES string of the molecule is CC(c1ccccc1)N1C(=O)c2ccccc2CC1(C)C(=O)NC1CCCCCC1. The molecule has 0 aromatic heterocycles. The van der Waals surface area contributed by atoms with Crippen LogP contribution in [0.5, 0.6) is 0 Å². The minimum absolute atomic E-state index is 0.0277. The summed E-state index contributed by atoms with van der Waals surface area (Å²) in [7, 11) is 0. The van der Waals surface area contributed by atoms with Crippen molar-refractivity contribution in [3.63, 3.8) is 0 Å². The predicted octanol–water partition coefficient (Wildman–Crippen LogP) is 5.04. The fraction of sp³-hybridized carbons (Fsp3) is 0.462. The highest BCUT2D eigenvalue weighted by molar-refractivity contribution is 6.02. The van der Waals surface area contributed by atoms with E-state index in [4.69, 9.17) is 0 Å². The maximum Gasteiger partial charge on any atom is 0.255 e. The Morgan fingerprint density at radius 1 is 1.00 bits per heavy atom. The summed E-state index contributed by atoms with van der Waals surface area (Å²) in [4.78, 5) is 29.2. The molecule has 0 bridgehead atoms. The molecule has 2 aromatic carbocycles. The van der Waals surface area contributed by atoms with Crippen LogP contribution in [0.3, 0.4) is 0 Å². The summed E-state index contributed by atoms with van der Waals surface area (Å²) in [6.45, 7) is 3.96. The summed E-state index contributed by atoms with van der Waals surface area (Å²) in [6, 6.07) is 17.7. The third-order valence-electron chi connectivity index (χ3n) is 6.88. The monoisotopic (exact) mass is 404 g/mol. The van der Waals surface area contributed by atoms with Crippen LogP contribution in [0.25, 0.3) is 0 Å². The summed E-state index contributed by atoms with van der Waals surface area (Å²) < 4.78 is 0. The van der Waals surface area contributed by atoms with Crippen molar-refractivity contribution in [1.29, 1.82) is 0 Å². The number of hydrogen-bond donors (Lipinski definition) is 1. The van der Waals surface area contributed by atoms with Crippen LogP contribution >= 0.6 is 0 Å². The van der Waals surface area contributed by atoms with E-state index >= 15 is 0 Å². The number of carbonyl (C=O) groups excluding carboxylic acids is 2. The number of benzene rings is 2. The van der Waals surface area contributed by atoms with Crippen LogP contribution in [0.15, 0.2) is 54.6 Å². The maximum atomic E-state index is 13.7. The quantitative estimate of drug-likeness (QED) is 0.726. The fourth-order valence-electron chi connectivity index (χ4n) is 5.13. The van der Waals surface area contributed by atoms with Crippen LogP contribution in [0.4, 0.5) is 0 Å². The second-order valence-electron chi connectivity index (χ2n) is 9.03. The first-order chi connectivity index (χ1) is 14.5. The van der Waals surface area contributed by atoms with Gasteiger partial charge >= 0.3 is 0 Å². The van der Waals surface area contributed by atoms with Crippen molar-refractivity contribution >= 4 is 11.8 Å². The molecule has 2 unspecified atom stereocenters. The molecule has 4 nitrogen and oxygen atoms in total. The van der Waals surface area contributed by atoms with Gasteiger partial charge in [0.25, 0.3) is 5.91 Å². The second kappa shape index (κ2) is 8.63. The molecule has 158 valence electrons. The van der Waals surface area contributed by atoms with E-state index in [1.807, 2.05) is 73.3 Å². The fourth-order valence-corrected chi connectivity index (χ4v) is 5.13. The molecular formula is C26H32N2O2. The predicted molar refractivity (Wildman–Crippen MR) is 119 cm³/mol. The molecule has 30 heavy (non-hydrogen) atoms. The summed E-state index contributed by atoms with van der Waals surface area (Å²) in [5.41, 5.74) is 1.78.